The molecule has 2 saturated heterocycles. The summed E-state index contributed by atoms with van der Waals surface area (Å²) in [6, 6.07) is 11.4. The number of hydrogen-bond acceptors (Lipinski definition) is 4. The maximum Gasteiger partial charge on any atom is 0.226 e. The third-order valence-electron chi connectivity index (χ3n) is 8.33. The summed E-state index contributed by atoms with van der Waals surface area (Å²) in [6.07, 6.45) is 0.838. The number of carbonyl (C=O) groups excluding carboxylic acids is 1. The number of piperidine rings is 1. The van der Waals surface area contributed by atoms with Gasteiger partial charge in [0.25, 0.3) is 0 Å². The van der Waals surface area contributed by atoms with Gasteiger partial charge in [-0.3, -0.25) is 4.79 Å². The van der Waals surface area contributed by atoms with Gasteiger partial charge in [0.2, 0.25) is 5.91 Å². The van der Waals surface area contributed by atoms with Gasteiger partial charge in [-0.05, 0) is 74.5 Å². The van der Waals surface area contributed by atoms with Crippen molar-refractivity contribution in [3.8, 4) is 0 Å². The fourth-order valence-electron chi connectivity index (χ4n) is 5.99. The first-order valence-corrected chi connectivity index (χ1v) is 14.0. The normalized spacial score (nSPS) is 22.1. The van der Waals surface area contributed by atoms with E-state index in [4.69, 9.17) is 17.3 Å². The van der Waals surface area contributed by atoms with Crippen molar-refractivity contribution in [2.45, 2.75) is 59.0 Å². The van der Waals surface area contributed by atoms with Crippen LogP contribution in [0, 0.1) is 24.6 Å². The van der Waals surface area contributed by atoms with Crippen LogP contribution in [0.5, 0.6) is 0 Å². The number of benzene rings is 2. The van der Waals surface area contributed by atoms with Gasteiger partial charge in [0.05, 0.1) is 5.69 Å². The standard InChI is InChI=1S/C30H42ClFN4O/c1-19(2)28(33)25-7-6-8-27(32)29(25)34-13-15-35(16-14-34)30(37)24-11-12-36(20(3)4)18-26(24)23-10-9-22(31)17-21(23)5/h6-10,17,19-20,24,26,28H,11-16,18,33H2,1-5H3/t24-,26?,28?/m0/s1. The highest BCUT2D eigenvalue weighted by atomic mass is 35.5. The van der Waals surface area contributed by atoms with Crippen molar-refractivity contribution in [1.29, 1.82) is 0 Å². The highest BCUT2D eigenvalue weighted by molar-refractivity contribution is 6.30. The van der Waals surface area contributed by atoms with Crippen molar-refractivity contribution < 1.29 is 9.18 Å². The Bertz CT molecular complexity index is 1100. The number of nitrogens with zero attached hydrogens (tertiary/aromatic N) is 3. The Morgan fingerprint density at radius 3 is 2.38 bits per heavy atom. The lowest BCUT2D eigenvalue weighted by molar-refractivity contribution is -0.138. The minimum absolute atomic E-state index is 0.0696. The highest BCUT2D eigenvalue weighted by Gasteiger charge is 2.39. The zero-order valence-corrected chi connectivity index (χ0v) is 23.6. The van der Waals surface area contributed by atoms with Crippen LogP contribution in [0.25, 0.3) is 0 Å². The van der Waals surface area contributed by atoms with Crippen LogP contribution in [-0.2, 0) is 4.79 Å². The monoisotopic (exact) mass is 528 g/mol. The van der Waals surface area contributed by atoms with Gasteiger partial charge in [-0.15, -0.1) is 0 Å². The van der Waals surface area contributed by atoms with Crippen molar-refractivity contribution in [3.05, 3.63) is 63.9 Å². The van der Waals surface area contributed by atoms with E-state index in [1.165, 1.54) is 11.6 Å². The lowest BCUT2D eigenvalue weighted by Gasteiger charge is -2.44. The van der Waals surface area contributed by atoms with Crippen molar-refractivity contribution in [1.82, 2.24) is 9.80 Å². The molecule has 1 amide bonds. The van der Waals surface area contributed by atoms with Crippen molar-refractivity contribution in [3.63, 3.8) is 0 Å². The zero-order chi connectivity index (χ0) is 26.9. The fourth-order valence-corrected chi connectivity index (χ4v) is 6.22. The molecule has 2 fully saturated rings. The summed E-state index contributed by atoms with van der Waals surface area (Å²) in [7, 11) is 0. The van der Waals surface area contributed by atoms with Gasteiger partial charge in [0.15, 0.2) is 0 Å². The van der Waals surface area contributed by atoms with Crippen LogP contribution in [-0.4, -0.2) is 61.0 Å². The first-order chi connectivity index (χ1) is 17.6. The number of anilines is 1. The van der Waals surface area contributed by atoms with Gasteiger partial charge in [0, 0.05) is 61.7 Å². The van der Waals surface area contributed by atoms with Crippen LogP contribution in [0.1, 0.15) is 62.8 Å². The Labute approximate surface area is 226 Å². The molecule has 2 unspecified atom stereocenters. The van der Waals surface area contributed by atoms with E-state index in [1.807, 2.05) is 23.1 Å². The SMILES string of the molecule is Cc1cc(Cl)ccc1C1CN(C(C)C)CC[C@@H]1C(=O)N1CCN(c2c(F)cccc2C(N)C(C)C)CC1. The summed E-state index contributed by atoms with van der Waals surface area (Å²) in [5, 5.41) is 0.724. The smallest absolute Gasteiger partial charge is 0.226 e. The molecule has 0 saturated carbocycles. The van der Waals surface area contributed by atoms with Crippen LogP contribution in [0.3, 0.4) is 0 Å². The van der Waals surface area contributed by atoms with Gasteiger partial charge in [-0.2, -0.15) is 0 Å². The Balaban J connectivity index is 1.52. The molecule has 0 aliphatic carbocycles. The highest BCUT2D eigenvalue weighted by Crippen LogP contribution is 2.38. The number of para-hydroxylation sites is 1. The third kappa shape index (κ3) is 5.97. The van der Waals surface area contributed by atoms with Crippen LogP contribution in [0.4, 0.5) is 10.1 Å². The zero-order valence-electron chi connectivity index (χ0n) is 22.9. The summed E-state index contributed by atoms with van der Waals surface area (Å²) in [6.45, 7) is 14.8. The Hall–Kier alpha value is -2.15. The molecular formula is C30H42ClFN4O. The van der Waals surface area contributed by atoms with Gasteiger partial charge in [0.1, 0.15) is 5.82 Å². The predicted molar refractivity (Wildman–Crippen MR) is 151 cm³/mol. The first kappa shape index (κ1) is 27.9. The molecule has 0 bridgehead atoms. The molecule has 0 spiro atoms. The molecule has 2 aromatic rings. The molecule has 37 heavy (non-hydrogen) atoms. The van der Waals surface area contributed by atoms with E-state index in [9.17, 15) is 4.79 Å². The lowest BCUT2D eigenvalue weighted by Crippen LogP contribution is -2.54. The van der Waals surface area contributed by atoms with Gasteiger partial charge in [-0.25, -0.2) is 4.39 Å². The largest absolute Gasteiger partial charge is 0.365 e. The number of amides is 1. The van der Waals surface area contributed by atoms with Gasteiger partial charge in [-0.1, -0.05) is 43.6 Å². The second kappa shape index (κ2) is 11.7. The number of carbonyl (C=O) groups is 1. The average Bonchev–Trinajstić information content (AvgIpc) is 2.87. The molecule has 2 aromatic carbocycles. The third-order valence-corrected chi connectivity index (χ3v) is 8.56. The topological polar surface area (TPSA) is 52.8 Å². The maximum absolute atomic E-state index is 15.0. The molecule has 2 heterocycles. The van der Waals surface area contributed by atoms with Crippen LogP contribution < -0.4 is 10.6 Å². The Morgan fingerprint density at radius 2 is 1.76 bits per heavy atom. The van der Waals surface area contributed by atoms with Crippen LogP contribution >= 0.6 is 11.6 Å². The van der Waals surface area contributed by atoms with E-state index in [2.05, 4.69) is 50.5 Å². The quantitative estimate of drug-likeness (QED) is 0.530. The van der Waals surface area contributed by atoms with E-state index in [0.29, 0.717) is 37.9 Å². The summed E-state index contributed by atoms with van der Waals surface area (Å²) in [4.78, 5) is 20.5. The summed E-state index contributed by atoms with van der Waals surface area (Å²) in [5.74, 6) is 0.233. The summed E-state index contributed by atoms with van der Waals surface area (Å²) < 4.78 is 15.0. The van der Waals surface area contributed by atoms with E-state index in [-0.39, 0.29) is 35.5 Å². The number of nitrogens with two attached hydrogens (primary N) is 1. The van der Waals surface area contributed by atoms with E-state index in [0.717, 1.165) is 35.7 Å². The van der Waals surface area contributed by atoms with Gasteiger partial charge >= 0.3 is 0 Å². The lowest BCUT2D eigenvalue weighted by atomic mass is 9.78. The van der Waals surface area contributed by atoms with E-state index >= 15 is 4.39 Å². The molecular weight excluding hydrogens is 487 g/mol. The molecule has 2 N–H and O–H groups in total. The number of aryl methyl sites for hydroxylation is 1. The van der Waals surface area contributed by atoms with Crippen LogP contribution in [0.2, 0.25) is 5.02 Å². The average molecular weight is 529 g/mol. The Kier molecular flexibility index (Phi) is 8.82. The fraction of sp³-hybridized carbons (Fsp3) is 0.567. The van der Waals surface area contributed by atoms with Crippen molar-refractivity contribution in [2.24, 2.45) is 17.6 Å². The Morgan fingerprint density at radius 1 is 1.05 bits per heavy atom. The molecule has 202 valence electrons. The minimum atomic E-state index is -0.243. The molecule has 0 aromatic heterocycles. The number of piperazine rings is 1. The second-order valence-electron chi connectivity index (χ2n) is 11.4. The molecule has 3 atom stereocenters. The molecule has 7 heteroatoms. The van der Waals surface area contributed by atoms with Crippen molar-refractivity contribution >= 4 is 23.2 Å². The number of hydrogen-bond donors (Lipinski definition) is 1. The van der Waals surface area contributed by atoms with E-state index < -0.39 is 0 Å². The summed E-state index contributed by atoms with van der Waals surface area (Å²) in [5.41, 5.74) is 10.2. The summed E-state index contributed by atoms with van der Waals surface area (Å²) >= 11 is 6.25. The molecule has 2 aliphatic heterocycles. The number of likely N-dealkylation sites (tertiary alicyclic amines) is 1. The minimum Gasteiger partial charge on any atom is -0.365 e. The molecule has 2 aliphatic rings. The number of halogens is 2. The molecule has 4 rings (SSSR count). The predicted octanol–water partition coefficient (Wildman–Crippen LogP) is 5.61. The van der Waals surface area contributed by atoms with E-state index in [1.54, 1.807) is 6.07 Å². The molecule has 5 nitrogen and oxygen atoms in total. The van der Waals surface area contributed by atoms with Crippen LogP contribution in [0.15, 0.2) is 36.4 Å². The maximum atomic E-state index is 15.0. The first-order valence-electron chi connectivity index (χ1n) is 13.7. The van der Waals surface area contributed by atoms with Crippen molar-refractivity contribution in [2.75, 3.05) is 44.2 Å². The number of rotatable bonds is 6. The van der Waals surface area contributed by atoms with Gasteiger partial charge < -0.3 is 20.4 Å². The second-order valence-corrected chi connectivity index (χ2v) is 11.8. The molecule has 0 radical (unpaired) electrons.